The van der Waals surface area contributed by atoms with Crippen LogP contribution in [0.1, 0.15) is 39.2 Å². The Morgan fingerprint density at radius 1 is 1.33 bits per heavy atom. The van der Waals surface area contributed by atoms with E-state index in [-0.39, 0.29) is 29.4 Å². The van der Waals surface area contributed by atoms with E-state index in [1.807, 2.05) is 7.05 Å². The Morgan fingerprint density at radius 2 is 2.04 bits per heavy atom. The Labute approximate surface area is 161 Å². The van der Waals surface area contributed by atoms with Crippen molar-refractivity contribution >= 4 is 28.3 Å². The highest BCUT2D eigenvalue weighted by atomic mass is 32.2. The molecule has 0 aliphatic carbocycles. The van der Waals surface area contributed by atoms with E-state index < -0.39 is 22.9 Å². The van der Waals surface area contributed by atoms with E-state index in [1.54, 1.807) is 0 Å². The summed E-state index contributed by atoms with van der Waals surface area (Å²) in [6.45, 7) is 6.93. The SMILES string of the molecule is CN1CC(c2ccc(O)c(N3CC(=O)NS3=O)c2F)=CC1CCC(C)(C)C. The molecular formula is C19H26FN3O3S. The molecular weight excluding hydrogens is 369 g/mol. The monoisotopic (exact) mass is 395 g/mol. The molecule has 1 aromatic rings. The van der Waals surface area contributed by atoms with Gasteiger partial charge in [-0.25, -0.2) is 8.60 Å². The van der Waals surface area contributed by atoms with Crippen LogP contribution in [0.3, 0.4) is 0 Å². The average molecular weight is 396 g/mol. The molecule has 0 saturated carbocycles. The number of phenolic OH excluding ortho intramolecular Hbond substituents is 1. The van der Waals surface area contributed by atoms with Crippen LogP contribution in [0.25, 0.3) is 5.57 Å². The van der Waals surface area contributed by atoms with E-state index in [4.69, 9.17) is 0 Å². The number of anilines is 1. The van der Waals surface area contributed by atoms with Gasteiger partial charge >= 0.3 is 0 Å². The molecule has 2 atom stereocenters. The van der Waals surface area contributed by atoms with Crippen molar-refractivity contribution in [3.63, 3.8) is 0 Å². The normalized spacial score (nSPS) is 23.7. The van der Waals surface area contributed by atoms with Crippen molar-refractivity contribution in [1.82, 2.24) is 9.62 Å². The first-order chi connectivity index (χ1) is 12.6. The summed E-state index contributed by atoms with van der Waals surface area (Å²) in [5, 5.41) is 10.1. The summed E-state index contributed by atoms with van der Waals surface area (Å²) in [6, 6.07) is 3.14. The number of benzene rings is 1. The summed E-state index contributed by atoms with van der Waals surface area (Å²) in [5.74, 6) is -1.46. The summed E-state index contributed by atoms with van der Waals surface area (Å²) < 4.78 is 30.5. The number of likely N-dealkylation sites (N-methyl/N-ethyl adjacent to an activating group) is 1. The second kappa shape index (κ2) is 7.24. The summed E-state index contributed by atoms with van der Waals surface area (Å²) in [6.07, 6.45) is 4.09. The van der Waals surface area contributed by atoms with Crippen molar-refractivity contribution in [2.45, 2.75) is 39.7 Å². The molecule has 1 saturated heterocycles. The van der Waals surface area contributed by atoms with Gasteiger partial charge in [-0.3, -0.25) is 18.7 Å². The summed E-state index contributed by atoms with van der Waals surface area (Å²) >= 11 is -1.90. The van der Waals surface area contributed by atoms with Gasteiger partial charge in [-0.2, -0.15) is 0 Å². The molecule has 0 aromatic heterocycles. The zero-order valence-corrected chi connectivity index (χ0v) is 16.9. The van der Waals surface area contributed by atoms with E-state index in [0.29, 0.717) is 12.1 Å². The van der Waals surface area contributed by atoms with Crippen LogP contribution in [0.15, 0.2) is 18.2 Å². The molecule has 2 N–H and O–H groups in total. The number of amides is 1. The molecule has 0 radical (unpaired) electrons. The van der Waals surface area contributed by atoms with Crippen LogP contribution in [0.5, 0.6) is 5.75 Å². The fourth-order valence-electron chi connectivity index (χ4n) is 3.43. The highest BCUT2D eigenvalue weighted by Crippen LogP contribution is 2.38. The summed E-state index contributed by atoms with van der Waals surface area (Å²) in [7, 11) is 2.01. The van der Waals surface area contributed by atoms with Crippen LogP contribution in [-0.4, -0.2) is 46.3 Å². The second-order valence-corrected chi connectivity index (χ2v) is 9.52. The molecule has 148 valence electrons. The van der Waals surface area contributed by atoms with Gasteiger partial charge in [0.25, 0.3) is 5.91 Å². The highest BCUT2D eigenvalue weighted by molar-refractivity contribution is 7.85. The Morgan fingerprint density at radius 3 is 2.63 bits per heavy atom. The Hall–Kier alpha value is -1.93. The third-order valence-electron chi connectivity index (χ3n) is 4.95. The largest absolute Gasteiger partial charge is 0.506 e. The predicted molar refractivity (Wildman–Crippen MR) is 105 cm³/mol. The molecule has 1 fully saturated rings. The molecule has 1 amide bonds. The van der Waals surface area contributed by atoms with E-state index in [1.165, 1.54) is 12.1 Å². The van der Waals surface area contributed by atoms with Crippen molar-refractivity contribution in [1.29, 1.82) is 0 Å². The van der Waals surface area contributed by atoms with Gasteiger partial charge in [0, 0.05) is 18.2 Å². The van der Waals surface area contributed by atoms with E-state index in [2.05, 4.69) is 36.5 Å². The van der Waals surface area contributed by atoms with E-state index >= 15 is 4.39 Å². The lowest BCUT2D eigenvalue weighted by atomic mass is 9.88. The third kappa shape index (κ3) is 4.16. The number of hydrogen-bond donors (Lipinski definition) is 2. The summed E-state index contributed by atoms with van der Waals surface area (Å²) in [4.78, 5) is 13.6. The molecule has 8 heteroatoms. The van der Waals surface area contributed by atoms with Gasteiger partial charge in [0.15, 0.2) is 5.82 Å². The van der Waals surface area contributed by atoms with Gasteiger partial charge in [-0.15, -0.1) is 0 Å². The van der Waals surface area contributed by atoms with Gasteiger partial charge in [0.1, 0.15) is 18.0 Å². The lowest BCUT2D eigenvalue weighted by Gasteiger charge is -2.24. The molecule has 3 rings (SSSR count). The lowest BCUT2D eigenvalue weighted by molar-refractivity contribution is -0.117. The fraction of sp³-hybridized carbons (Fsp3) is 0.526. The zero-order valence-electron chi connectivity index (χ0n) is 16.1. The van der Waals surface area contributed by atoms with Crippen LogP contribution in [-0.2, 0) is 16.0 Å². The predicted octanol–water partition coefficient (Wildman–Crippen LogP) is 2.57. The summed E-state index contributed by atoms with van der Waals surface area (Å²) in [5.41, 5.74) is 1.22. The molecule has 2 aliphatic heterocycles. The van der Waals surface area contributed by atoms with Gasteiger partial charge in [0.2, 0.25) is 11.2 Å². The van der Waals surface area contributed by atoms with E-state index in [0.717, 1.165) is 22.7 Å². The fourth-order valence-corrected chi connectivity index (χ4v) is 4.38. The number of halogens is 1. The third-order valence-corrected chi connectivity index (χ3v) is 6.06. The first-order valence-corrected chi connectivity index (χ1v) is 10.1. The highest BCUT2D eigenvalue weighted by Gasteiger charge is 2.33. The van der Waals surface area contributed by atoms with Crippen LogP contribution < -0.4 is 9.03 Å². The van der Waals surface area contributed by atoms with Crippen molar-refractivity contribution in [2.75, 3.05) is 24.4 Å². The van der Waals surface area contributed by atoms with Gasteiger partial charge in [-0.1, -0.05) is 26.8 Å². The van der Waals surface area contributed by atoms with Gasteiger partial charge < -0.3 is 5.11 Å². The molecule has 2 unspecified atom stereocenters. The Kier molecular flexibility index (Phi) is 5.31. The van der Waals surface area contributed by atoms with Crippen molar-refractivity contribution < 1.29 is 18.5 Å². The van der Waals surface area contributed by atoms with Crippen molar-refractivity contribution in [2.24, 2.45) is 5.41 Å². The number of carbonyl (C=O) groups excluding carboxylic acids is 1. The second-order valence-electron chi connectivity index (χ2n) is 8.38. The molecule has 2 heterocycles. The number of carbonyl (C=O) groups is 1. The molecule has 0 bridgehead atoms. The topological polar surface area (TPSA) is 72.9 Å². The van der Waals surface area contributed by atoms with E-state index in [9.17, 15) is 14.1 Å². The first kappa shape index (κ1) is 19.8. The van der Waals surface area contributed by atoms with Gasteiger partial charge in [0.05, 0.1) is 0 Å². The van der Waals surface area contributed by atoms with Crippen LogP contribution in [0, 0.1) is 11.2 Å². The first-order valence-electron chi connectivity index (χ1n) is 8.98. The molecule has 27 heavy (non-hydrogen) atoms. The standard InChI is InChI=1S/C19H26FN3O3S/c1-19(2,3)8-7-13-9-12(10-22(13)4)14-5-6-15(24)18(17(14)20)23-11-16(25)21-27(23)26/h5-6,9,13,24H,7-8,10-11H2,1-4H3,(H,21,25). The molecule has 0 spiro atoms. The Balaban J connectivity index is 1.90. The number of nitrogens with one attached hydrogen (secondary N) is 1. The molecule has 1 aromatic carbocycles. The van der Waals surface area contributed by atoms with Crippen molar-refractivity contribution in [3.05, 3.63) is 29.6 Å². The van der Waals surface area contributed by atoms with Crippen molar-refractivity contribution in [3.8, 4) is 5.75 Å². The minimum atomic E-state index is -1.90. The number of aromatic hydroxyl groups is 1. The average Bonchev–Trinajstić information content (AvgIpc) is 3.07. The number of rotatable bonds is 4. The lowest BCUT2D eigenvalue weighted by Crippen LogP contribution is -2.27. The molecule has 6 nitrogen and oxygen atoms in total. The number of phenols is 1. The number of hydrogen-bond acceptors (Lipinski definition) is 4. The van der Waals surface area contributed by atoms with Gasteiger partial charge in [-0.05, 0) is 43.0 Å². The minimum absolute atomic E-state index is 0.203. The minimum Gasteiger partial charge on any atom is -0.506 e. The quantitative estimate of drug-likeness (QED) is 0.822. The smallest absolute Gasteiger partial charge is 0.253 e. The van der Waals surface area contributed by atoms with Crippen LogP contribution >= 0.6 is 0 Å². The maximum Gasteiger partial charge on any atom is 0.253 e. The van der Waals surface area contributed by atoms with Crippen LogP contribution in [0.4, 0.5) is 10.1 Å². The van der Waals surface area contributed by atoms with Crippen LogP contribution in [0.2, 0.25) is 0 Å². The number of nitrogens with zero attached hydrogens (tertiary/aromatic N) is 2. The Bertz CT molecular complexity index is 819. The molecule has 2 aliphatic rings. The maximum absolute atomic E-state index is 15.2. The maximum atomic E-state index is 15.2. The zero-order chi connectivity index (χ0) is 19.9.